The van der Waals surface area contributed by atoms with E-state index in [1.165, 1.54) is 6.07 Å². The topological polar surface area (TPSA) is 28.7 Å². The molecule has 2 nitrogen and oxygen atoms in total. The first-order valence-corrected chi connectivity index (χ1v) is 6.80. The van der Waals surface area contributed by atoms with Crippen LogP contribution >= 0.6 is 0 Å². The Hall–Kier alpha value is -2.56. The SMILES string of the molecule is FC(F)(F)c1cccc2[nH]c(C/C=C/c3ccccc3)nc12. The second-order valence-corrected chi connectivity index (χ2v) is 4.90. The van der Waals surface area contributed by atoms with Gasteiger partial charge in [-0.15, -0.1) is 0 Å². The zero-order valence-corrected chi connectivity index (χ0v) is 11.6. The smallest absolute Gasteiger partial charge is 0.342 e. The molecule has 2 aromatic carbocycles. The Balaban J connectivity index is 1.85. The van der Waals surface area contributed by atoms with Gasteiger partial charge in [0.15, 0.2) is 0 Å². The Labute approximate surface area is 125 Å². The van der Waals surface area contributed by atoms with E-state index in [0.29, 0.717) is 17.8 Å². The van der Waals surface area contributed by atoms with Crippen molar-refractivity contribution in [2.75, 3.05) is 0 Å². The fraction of sp³-hybridized carbons (Fsp3) is 0.118. The summed E-state index contributed by atoms with van der Waals surface area (Å²) in [5.74, 6) is 0.513. The molecule has 0 amide bonds. The number of halogens is 3. The highest BCUT2D eigenvalue weighted by atomic mass is 19.4. The van der Waals surface area contributed by atoms with Gasteiger partial charge in [-0.1, -0.05) is 48.6 Å². The predicted molar refractivity (Wildman–Crippen MR) is 80.3 cm³/mol. The van der Waals surface area contributed by atoms with Gasteiger partial charge in [-0.3, -0.25) is 0 Å². The summed E-state index contributed by atoms with van der Waals surface area (Å²) < 4.78 is 38.8. The predicted octanol–water partition coefficient (Wildman–Crippen LogP) is 4.84. The minimum Gasteiger partial charge on any atom is -0.342 e. The van der Waals surface area contributed by atoms with E-state index < -0.39 is 11.7 Å². The number of nitrogens with zero attached hydrogens (tertiary/aromatic N) is 1. The molecule has 0 atom stereocenters. The second kappa shape index (κ2) is 5.67. The number of hydrogen-bond donors (Lipinski definition) is 1. The standard InChI is InChI=1S/C17H13F3N2/c18-17(19,20)13-9-5-10-14-16(13)22-15(21-14)11-4-8-12-6-2-1-3-7-12/h1-10H,11H2,(H,21,22)/b8-4+. The molecule has 3 aromatic rings. The van der Waals surface area contributed by atoms with Crippen LogP contribution in [0, 0.1) is 0 Å². The summed E-state index contributed by atoms with van der Waals surface area (Å²) in [4.78, 5) is 7.02. The Bertz CT molecular complexity index is 802. The second-order valence-electron chi connectivity index (χ2n) is 4.90. The molecule has 0 spiro atoms. The van der Waals surface area contributed by atoms with Gasteiger partial charge in [0, 0.05) is 6.42 Å². The molecule has 0 fully saturated rings. The molecule has 1 aromatic heterocycles. The van der Waals surface area contributed by atoms with Crippen molar-refractivity contribution in [2.45, 2.75) is 12.6 Å². The fourth-order valence-corrected chi connectivity index (χ4v) is 2.28. The number of allylic oxidation sites excluding steroid dienone is 1. The minimum absolute atomic E-state index is 0.0295. The van der Waals surface area contributed by atoms with Gasteiger partial charge in [-0.25, -0.2) is 4.98 Å². The van der Waals surface area contributed by atoms with Crippen LogP contribution in [0.2, 0.25) is 0 Å². The molecular weight excluding hydrogens is 289 g/mol. The van der Waals surface area contributed by atoms with Crippen LogP contribution < -0.4 is 0 Å². The van der Waals surface area contributed by atoms with Crippen LogP contribution in [-0.4, -0.2) is 9.97 Å². The van der Waals surface area contributed by atoms with Crippen LogP contribution in [0.15, 0.2) is 54.6 Å². The molecule has 0 unspecified atom stereocenters. The number of fused-ring (bicyclic) bond motifs is 1. The van der Waals surface area contributed by atoms with E-state index in [4.69, 9.17) is 0 Å². The summed E-state index contributed by atoms with van der Waals surface area (Å²) in [6.45, 7) is 0. The molecule has 0 saturated carbocycles. The number of alkyl halides is 3. The van der Waals surface area contributed by atoms with Gasteiger partial charge in [0.25, 0.3) is 0 Å². The van der Waals surface area contributed by atoms with Crippen molar-refractivity contribution in [3.8, 4) is 0 Å². The quantitative estimate of drug-likeness (QED) is 0.737. The molecule has 0 bridgehead atoms. The Morgan fingerprint density at radius 1 is 1.00 bits per heavy atom. The molecule has 22 heavy (non-hydrogen) atoms. The summed E-state index contributed by atoms with van der Waals surface area (Å²) in [7, 11) is 0. The lowest BCUT2D eigenvalue weighted by Crippen LogP contribution is -2.05. The number of nitrogens with one attached hydrogen (secondary N) is 1. The lowest BCUT2D eigenvalue weighted by atomic mass is 10.2. The lowest BCUT2D eigenvalue weighted by Gasteiger charge is -2.05. The van der Waals surface area contributed by atoms with Gasteiger partial charge in [-0.2, -0.15) is 13.2 Å². The number of imidazole rings is 1. The number of H-pyrrole nitrogens is 1. The highest BCUT2D eigenvalue weighted by Gasteiger charge is 2.33. The van der Waals surface area contributed by atoms with E-state index >= 15 is 0 Å². The van der Waals surface area contributed by atoms with Gasteiger partial charge in [0.2, 0.25) is 0 Å². The van der Waals surface area contributed by atoms with E-state index in [-0.39, 0.29) is 5.52 Å². The van der Waals surface area contributed by atoms with Crippen LogP contribution in [-0.2, 0) is 12.6 Å². The van der Waals surface area contributed by atoms with E-state index in [0.717, 1.165) is 11.6 Å². The number of hydrogen-bond acceptors (Lipinski definition) is 1. The average Bonchev–Trinajstić information content (AvgIpc) is 2.89. The summed E-state index contributed by atoms with van der Waals surface area (Å²) >= 11 is 0. The summed E-state index contributed by atoms with van der Waals surface area (Å²) in [5.41, 5.74) is 0.699. The Kier molecular flexibility index (Phi) is 3.71. The third-order valence-electron chi connectivity index (χ3n) is 3.29. The maximum Gasteiger partial charge on any atom is 0.418 e. The average molecular weight is 302 g/mol. The lowest BCUT2D eigenvalue weighted by molar-refractivity contribution is -0.136. The third kappa shape index (κ3) is 3.03. The fourth-order valence-electron chi connectivity index (χ4n) is 2.28. The minimum atomic E-state index is -4.40. The molecule has 1 heterocycles. The Morgan fingerprint density at radius 2 is 1.77 bits per heavy atom. The zero-order chi connectivity index (χ0) is 15.6. The molecule has 5 heteroatoms. The van der Waals surface area contributed by atoms with Gasteiger partial charge < -0.3 is 4.98 Å². The van der Waals surface area contributed by atoms with Crippen molar-refractivity contribution in [2.24, 2.45) is 0 Å². The maximum atomic E-state index is 12.9. The molecule has 0 aliphatic carbocycles. The van der Waals surface area contributed by atoms with E-state index in [1.807, 2.05) is 42.5 Å². The normalized spacial score (nSPS) is 12.3. The number of aromatic amines is 1. The van der Waals surface area contributed by atoms with Crippen LogP contribution in [0.5, 0.6) is 0 Å². The van der Waals surface area contributed by atoms with Gasteiger partial charge in [-0.05, 0) is 17.7 Å². The van der Waals surface area contributed by atoms with Crippen LogP contribution in [0.4, 0.5) is 13.2 Å². The first-order valence-electron chi connectivity index (χ1n) is 6.80. The summed E-state index contributed by atoms with van der Waals surface area (Å²) in [6, 6.07) is 13.7. The van der Waals surface area contributed by atoms with Gasteiger partial charge in [0.1, 0.15) is 11.3 Å². The molecule has 0 aliphatic rings. The van der Waals surface area contributed by atoms with E-state index in [1.54, 1.807) is 6.07 Å². The molecule has 0 radical (unpaired) electrons. The van der Waals surface area contributed by atoms with Crippen molar-refractivity contribution in [1.82, 2.24) is 9.97 Å². The van der Waals surface area contributed by atoms with E-state index in [9.17, 15) is 13.2 Å². The summed E-state index contributed by atoms with van der Waals surface area (Å²) in [5, 5.41) is 0. The Morgan fingerprint density at radius 3 is 2.50 bits per heavy atom. The van der Waals surface area contributed by atoms with Crippen molar-refractivity contribution in [3.05, 3.63) is 71.6 Å². The maximum absolute atomic E-state index is 12.9. The number of aromatic nitrogens is 2. The molecular formula is C17H13F3N2. The highest BCUT2D eigenvalue weighted by Crippen LogP contribution is 2.33. The van der Waals surface area contributed by atoms with Crippen molar-refractivity contribution >= 4 is 17.1 Å². The largest absolute Gasteiger partial charge is 0.418 e. The van der Waals surface area contributed by atoms with Crippen LogP contribution in [0.3, 0.4) is 0 Å². The molecule has 3 rings (SSSR count). The third-order valence-corrected chi connectivity index (χ3v) is 3.29. The number of rotatable bonds is 3. The van der Waals surface area contributed by atoms with Crippen LogP contribution in [0.25, 0.3) is 17.1 Å². The zero-order valence-electron chi connectivity index (χ0n) is 11.6. The molecule has 0 saturated heterocycles. The molecule has 112 valence electrons. The highest BCUT2D eigenvalue weighted by molar-refractivity contribution is 5.79. The van der Waals surface area contributed by atoms with Gasteiger partial charge >= 0.3 is 6.18 Å². The molecule has 0 aliphatic heterocycles. The van der Waals surface area contributed by atoms with Gasteiger partial charge in [0.05, 0.1) is 11.1 Å². The number of benzene rings is 2. The van der Waals surface area contributed by atoms with Crippen LogP contribution in [0.1, 0.15) is 17.0 Å². The van der Waals surface area contributed by atoms with Crippen molar-refractivity contribution in [3.63, 3.8) is 0 Å². The van der Waals surface area contributed by atoms with Crippen molar-refractivity contribution < 1.29 is 13.2 Å². The molecule has 1 N–H and O–H groups in total. The van der Waals surface area contributed by atoms with Crippen molar-refractivity contribution in [1.29, 1.82) is 0 Å². The first-order chi connectivity index (χ1) is 10.5. The number of para-hydroxylation sites is 1. The van der Waals surface area contributed by atoms with E-state index in [2.05, 4.69) is 9.97 Å². The first kappa shape index (κ1) is 14.4. The summed E-state index contributed by atoms with van der Waals surface area (Å²) in [6.07, 6.45) is -0.162. The monoisotopic (exact) mass is 302 g/mol.